The third kappa shape index (κ3) is 19.1. The number of carbonyl (C=O) groups excluding carboxylic acids is 8. The third-order valence-corrected chi connectivity index (χ3v) is 13.0. The SMILES string of the molecule is CCCCN.CNC(=O)CC(OC(=O)C(C)N(C)C(=O)CNC(=O)CNC(=O)CCN1C(=O)CC(C)(C)C1=O)C1(C)OC1C(C)C1CC(O)(C(/C=C/C=C(\C)Cc2ccc(Cl)c(OC)c2)OC)NC(=O)O1.CSC. The molecule has 3 saturated heterocycles. The summed E-state index contributed by atoms with van der Waals surface area (Å²) in [6, 6.07) is 4.31. The summed E-state index contributed by atoms with van der Waals surface area (Å²) in [5, 5.41) is 22.0. The normalized spacial score (nSPS) is 22.5. The van der Waals surface area contributed by atoms with Crippen LogP contribution in [0.2, 0.25) is 5.02 Å². The number of halogens is 1. The van der Waals surface area contributed by atoms with Gasteiger partial charge in [-0.1, -0.05) is 75.6 Å². The summed E-state index contributed by atoms with van der Waals surface area (Å²) in [5.74, 6) is -4.10. The van der Waals surface area contributed by atoms with Gasteiger partial charge in [0.05, 0.1) is 43.2 Å². The van der Waals surface area contributed by atoms with Gasteiger partial charge in [0.15, 0.2) is 5.72 Å². The van der Waals surface area contributed by atoms with Gasteiger partial charge in [0.25, 0.3) is 0 Å². The quantitative estimate of drug-likeness (QED) is 0.0374. The number of unbranched alkanes of at least 4 members (excludes halogenated alkanes) is 1. The second-order valence-electron chi connectivity index (χ2n) is 19.2. The number of methoxy groups -OCH3 is 2. The number of nitrogens with one attached hydrogen (secondary N) is 4. The average Bonchev–Trinajstić information content (AvgIpc) is 4.00. The number of likely N-dealkylation sites (tertiary alicyclic amines) is 1. The predicted molar refractivity (Wildman–Crippen MR) is 281 cm³/mol. The number of nitrogens with two attached hydrogens (primary N) is 1. The van der Waals surface area contributed by atoms with Gasteiger partial charge in [0.1, 0.15) is 35.7 Å². The number of esters is 1. The van der Waals surface area contributed by atoms with Gasteiger partial charge in [0.2, 0.25) is 35.4 Å². The van der Waals surface area contributed by atoms with E-state index in [9.17, 15) is 43.5 Å². The summed E-state index contributed by atoms with van der Waals surface area (Å²) in [7, 11) is 5.67. The van der Waals surface area contributed by atoms with Crippen LogP contribution < -0.4 is 31.7 Å². The van der Waals surface area contributed by atoms with Gasteiger partial charge < -0.3 is 55.4 Å². The minimum Gasteiger partial charge on any atom is -0.495 e. The van der Waals surface area contributed by atoms with Crippen molar-refractivity contribution in [3.05, 3.63) is 52.6 Å². The van der Waals surface area contributed by atoms with Crippen LogP contribution in [-0.4, -0.2) is 171 Å². The van der Waals surface area contributed by atoms with Crippen LogP contribution in [0.1, 0.15) is 92.6 Å². The van der Waals surface area contributed by atoms with Crippen LogP contribution in [-0.2, 0) is 58.9 Å². The van der Waals surface area contributed by atoms with Crippen LogP contribution in [0.5, 0.6) is 5.75 Å². The molecule has 0 bridgehead atoms. The standard InChI is InChI=1S/C45H63ClN6O14.C4H11N.C2H6S/c1-25(18-28-14-15-29(46)30(19-28)62-9)12-11-13-32(63-10)45(61)21-31(64-42(60)50-45)26(2)39-44(6,66-39)33(20-35(54)47-7)65-40(58)27(3)51(8)38(57)24-49-36(55)23-48-34(53)16-17-52-37(56)22-43(4,5)41(52)59;1-2-3-4-5;1-3-2/h11-15,19,26-27,31-33,39,61H,16-18,20-24H2,1-10H3,(H,47,54)(H,48,53)(H,49,55)(H,50,60);2-5H2,1H3;1-2H3/b13-11+,25-12+;;. The Labute approximate surface area is 445 Å². The molecule has 0 saturated carbocycles. The number of imide groups is 1. The Morgan fingerprint density at radius 1 is 1.07 bits per heavy atom. The van der Waals surface area contributed by atoms with Gasteiger partial charge in [-0.05, 0) is 70.4 Å². The number of alkyl carbamates (subject to hydrolysis) is 1. The number of hydrogen-bond acceptors (Lipinski definition) is 16. The molecule has 7 amide bonds. The minimum atomic E-state index is -1.90. The van der Waals surface area contributed by atoms with E-state index in [4.69, 9.17) is 41.0 Å². The molecule has 416 valence electrons. The molecule has 8 unspecified atom stereocenters. The number of likely N-dealkylation sites (N-methyl/N-ethyl adjacent to an activating group) is 1. The number of benzene rings is 1. The maximum absolute atomic E-state index is 13.5. The van der Waals surface area contributed by atoms with E-state index in [2.05, 4.69) is 28.2 Å². The van der Waals surface area contributed by atoms with Crippen LogP contribution in [0.15, 0.2) is 42.0 Å². The Morgan fingerprint density at radius 2 is 1.72 bits per heavy atom. The van der Waals surface area contributed by atoms with Crippen molar-refractivity contribution in [3.63, 3.8) is 0 Å². The molecule has 0 spiro atoms. The lowest BCUT2D eigenvalue weighted by Crippen LogP contribution is -2.63. The zero-order chi connectivity index (χ0) is 56.1. The van der Waals surface area contributed by atoms with E-state index < -0.39 is 102 Å². The Kier molecular flexibility index (Phi) is 26.6. The zero-order valence-electron chi connectivity index (χ0n) is 45.2. The lowest BCUT2D eigenvalue weighted by atomic mass is 9.83. The summed E-state index contributed by atoms with van der Waals surface area (Å²) < 4.78 is 28.5. The summed E-state index contributed by atoms with van der Waals surface area (Å²) in [4.78, 5) is 104. The van der Waals surface area contributed by atoms with E-state index in [1.54, 1.807) is 64.8 Å². The number of aliphatic hydroxyl groups is 1. The first kappa shape index (κ1) is 64.9. The molecule has 21 nitrogen and oxygen atoms in total. The molecule has 23 heteroatoms. The molecule has 3 fully saturated rings. The molecule has 4 rings (SSSR count). The first-order valence-electron chi connectivity index (χ1n) is 24.5. The van der Waals surface area contributed by atoms with E-state index in [-0.39, 0.29) is 44.0 Å². The number of epoxide rings is 1. The number of rotatable bonds is 24. The molecule has 7 N–H and O–H groups in total. The van der Waals surface area contributed by atoms with Crippen LogP contribution in [0, 0.1) is 11.3 Å². The topological polar surface area (TPSA) is 287 Å². The molecule has 8 atom stereocenters. The number of hydrogen-bond donors (Lipinski definition) is 6. The highest BCUT2D eigenvalue weighted by molar-refractivity contribution is 7.97. The van der Waals surface area contributed by atoms with Crippen molar-refractivity contribution in [3.8, 4) is 5.75 Å². The first-order valence-corrected chi connectivity index (χ1v) is 26.5. The second-order valence-corrected chi connectivity index (χ2v) is 20.5. The molecule has 3 heterocycles. The molecular formula is C51H80ClN7O14S. The van der Waals surface area contributed by atoms with Crippen molar-refractivity contribution in [2.75, 3.05) is 67.0 Å². The van der Waals surface area contributed by atoms with Crippen molar-refractivity contribution < 1.29 is 67.1 Å². The Balaban J connectivity index is 0.00000218. The fraction of sp³-hybridized carbons (Fsp3) is 0.647. The molecule has 3 aliphatic heterocycles. The van der Waals surface area contributed by atoms with E-state index in [0.717, 1.165) is 27.5 Å². The van der Waals surface area contributed by atoms with Crippen molar-refractivity contribution in [1.29, 1.82) is 0 Å². The van der Waals surface area contributed by atoms with Crippen LogP contribution in [0.25, 0.3) is 0 Å². The van der Waals surface area contributed by atoms with E-state index in [0.29, 0.717) is 17.2 Å². The van der Waals surface area contributed by atoms with Gasteiger partial charge in [0, 0.05) is 52.9 Å². The minimum absolute atomic E-state index is 0.0462. The number of allylic oxidation sites excluding steroid dienone is 3. The van der Waals surface area contributed by atoms with Crippen LogP contribution >= 0.6 is 23.4 Å². The summed E-state index contributed by atoms with van der Waals surface area (Å²) in [5.41, 5.74) is 3.09. The maximum Gasteiger partial charge on any atom is 0.409 e. The lowest BCUT2D eigenvalue weighted by molar-refractivity contribution is -0.162. The van der Waals surface area contributed by atoms with Crippen molar-refractivity contribution in [1.82, 2.24) is 31.1 Å². The van der Waals surface area contributed by atoms with Crippen molar-refractivity contribution in [2.24, 2.45) is 17.1 Å². The van der Waals surface area contributed by atoms with Crippen molar-refractivity contribution >= 4 is 70.9 Å². The highest BCUT2D eigenvalue weighted by Crippen LogP contribution is 2.49. The van der Waals surface area contributed by atoms with Gasteiger partial charge in [-0.3, -0.25) is 39.0 Å². The zero-order valence-corrected chi connectivity index (χ0v) is 46.8. The molecule has 74 heavy (non-hydrogen) atoms. The van der Waals surface area contributed by atoms with Gasteiger partial charge in [-0.15, -0.1) is 0 Å². The van der Waals surface area contributed by atoms with Crippen molar-refractivity contribution in [2.45, 2.75) is 135 Å². The number of cyclic esters (lactones) is 1. The number of amides is 7. The number of ether oxygens (including phenoxy) is 5. The molecule has 3 aliphatic rings. The summed E-state index contributed by atoms with van der Waals surface area (Å²) in [6.07, 6.45) is 6.92. The third-order valence-electron chi connectivity index (χ3n) is 12.7. The molecule has 0 aromatic heterocycles. The van der Waals surface area contributed by atoms with Gasteiger partial charge >= 0.3 is 12.1 Å². The molecule has 0 aliphatic carbocycles. The summed E-state index contributed by atoms with van der Waals surface area (Å²) >= 11 is 7.91. The fourth-order valence-electron chi connectivity index (χ4n) is 8.04. The van der Waals surface area contributed by atoms with E-state index in [1.807, 2.05) is 37.6 Å². The van der Waals surface area contributed by atoms with E-state index in [1.165, 1.54) is 41.0 Å². The Hall–Kier alpha value is -5.26. The smallest absolute Gasteiger partial charge is 0.409 e. The van der Waals surface area contributed by atoms with Gasteiger partial charge in [-0.2, -0.15) is 11.8 Å². The fourth-order valence-corrected chi connectivity index (χ4v) is 8.23. The highest BCUT2D eigenvalue weighted by atomic mass is 35.5. The summed E-state index contributed by atoms with van der Waals surface area (Å²) in [6.45, 7) is 11.8. The number of carbonyl (C=O) groups is 8. The van der Waals surface area contributed by atoms with Crippen LogP contribution in [0.4, 0.5) is 4.79 Å². The average molecular weight is 1080 g/mol. The first-order chi connectivity index (χ1) is 34.7. The highest BCUT2D eigenvalue weighted by Gasteiger charge is 2.64. The largest absolute Gasteiger partial charge is 0.495 e. The molecule has 1 aromatic rings. The number of nitrogens with zero attached hydrogens (tertiary/aromatic N) is 2. The Bertz CT molecular complexity index is 2180. The van der Waals surface area contributed by atoms with Crippen LogP contribution in [0.3, 0.4) is 0 Å². The Morgan fingerprint density at radius 3 is 2.27 bits per heavy atom. The molecular weight excluding hydrogens is 1000 g/mol. The van der Waals surface area contributed by atoms with Gasteiger partial charge in [-0.25, -0.2) is 9.59 Å². The molecule has 0 radical (unpaired) electrons. The lowest BCUT2D eigenvalue weighted by Gasteiger charge is -2.42. The molecule has 1 aromatic carbocycles. The monoisotopic (exact) mass is 1080 g/mol. The second kappa shape index (κ2) is 30.3. The van der Waals surface area contributed by atoms with E-state index >= 15 is 0 Å². The predicted octanol–water partition coefficient (Wildman–Crippen LogP) is 3.42. The maximum atomic E-state index is 13.5. The number of thioether (sulfide) groups is 1.